The van der Waals surface area contributed by atoms with E-state index in [1.807, 2.05) is 0 Å². The van der Waals surface area contributed by atoms with E-state index in [4.69, 9.17) is 0 Å². The van der Waals surface area contributed by atoms with Crippen molar-refractivity contribution in [2.45, 2.75) is 64.2 Å². The summed E-state index contributed by atoms with van der Waals surface area (Å²) in [5.41, 5.74) is 1.42. The zero-order chi connectivity index (χ0) is 13.7. The number of rotatable bonds is 5. The molecule has 0 aliphatic heterocycles. The van der Waals surface area contributed by atoms with Crippen LogP contribution in [-0.4, -0.2) is 30.1 Å². The number of benzene rings is 1. The molecule has 2 unspecified atom stereocenters. The smallest absolute Gasteiger partial charge is 0.0249 e. The molecule has 2 rings (SSSR count). The molecule has 0 aromatic heterocycles. The Labute approximate surface area is 118 Å². The Morgan fingerprint density at radius 3 is 2.53 bits per heavy atom. The van der Waals surface area contributed by atoms with Gasteiger partial charge in [-0.2, -0.15) is 0 Å². The topological polar surface area (TPSA) is 15.3 Å². The van der Waals surface area contributed by atoms with Crippen LogP contribution in [0, 0.1) is 0 Å². The fourth-order valence-corrected chi connectivity index (χ4v) is 3.25. The highest BCUT2D eigenvalue weighted by molar-refractivity contribution is 5.14. The molecule has 19 heavy (non-hydrogen) atoms. The molecule has 0 saturated heterocycles. The van der Waals surface area contributed by atoms with Crippen LogP contribution < -0.4 is 5.32 Å². The number of hydrogen-bond donors (Lipinski definition) is 1. The second kappa shape index (κ2) is 7.06. The normalized spacial score (nSPS) is 24.1. The van der Waals surface area contributed by atoms with E-state index in [9.17, 15) is 0 Å². The fourth-order valence-electron chi connectivity index (χ4n) is 3.25. The summed E-state index contributed by atoms with van der Waals surface area (Å²) in [5, 5.41) is 3.76. The lowest BCUT2D eigenvalue weighted by atomic mass is 9.88. The van der Waals surface area contributed by atoms with Gasteiger partial charge < -0.3 is 5.32 Å². The molecule has 0 amide bonds. The maximum Gasteiger partial charge on any atom is 0.0249 e. The van der Waals surface area contributed by atoms with Gasteiger partial charge in [0.15, 0.2) is 0 Å². The molecule has 0 spiro atoms. The molecule has 1 saturated carbocycles. The van der Waals surface area contributed by atoms with Crippen LogP contribution in [0.15, 0.2) is 30.3 Å². The van der Waals surface area contributed by atoms with Crippen molar-refractivity contribution >= 4 is 0 Å². The molecule has 1 aliphatic rings. The van der Waals surface area contributed by atoms with Gasteiger partial charge in [0.05, 0.1) is 0 Å². The van der Waals surface area contributed by atoms with Crippen molar-refractivity contribution in [2.75, 3.05) is 7.05 Å². The second-order valence-corrected chi connectivity index (χ2v) is 6.18. The second-order valence-electron chi connectivity index (χ2n) is 6.18. The van der Waals surface area contributed by atoms with Crippen LogP contribution in [0.25, 0.3) is 0 Å². The maximum absolute atomic E-state index is 3.76. The molecule has 0 heterocycles. The van der Waals surface area contributed by atoms with Gasteiger partial charge in [-0.15, -0.1) is 0 Å². The van der Waals surface area contributed by atoms with Gasteiger partial charge >= 0.3 is 0 Å². The van der Waals surface area contributed by atoms with E-state index < -0.39 is 0 Å². The Balaban J connectivity index is 1.97. The molecular weight excluding hydrogens is 232 g/mol. The third kappa shape index (κ3) is 4.32. The summed E-state index contributed by atoms with van der Waals surface area (Å²) < 4.78 is 0. The van der Waals surface area contributed by atoms with E-state index in [1.165, 1.54) is 31.2 Å². The third-order valence-corrected chi connectivity index (χ3v) is 4.12. The number of nitrogens with zero attached hydrogens (tertiary/aromatic N) is 1. The number of likely N-dealkylation sites (N-methyl/N-ethyl adjacent to an activating group) is 1. The molecule has 1 N–H and O–H groups in total. The standard InChI is InChI=1S/C17H28N2/c1-14(2)18-16-11-7-8-12-17(16)19(3)13-15-9-5-4-6-10-15/h4-6,9-10,14,16-18H,7-8,11-13H2,1-3H3. The van der Waals surface area contributed by atoms with E-state index in [2.05, 4.69) is 61.4 Å². The Bertz CT molecular complexity index is 361. The van der Waals surface area contributed by atoms with Crippen molar-refractivity contribution in [1.29, 1.82) is 0 Å². The molecular formula is C17H28N2. The Morgan fingerprint density at radius 2 is 1.84 bits per heavy atom. The minimum atomic E-state index is 0.579. The lowest BCUT2D eigenvalue weighted by Gasteiger charge is -2.39. The molecule has 2 nitrogen and oxygen atoms in total. The van der Waals surface area contributed by atoms with Gasteiger partial charge in [-0.05, 0) is 25.5 Å². The molecule has 1 aliphatic carbocycles. The summed E-state index contributed by atoms with van der Waals surface area (Å²) in [6.07, 6.45) is 5.40. The summed E-state index contributed by atoms with van der Waals surface area (Å²) >= 11 is 0. The molecule has 1 aromatic rings. The minimum absolute atomic E-state index is 0.579. The van der Waals surface area contributed by atoms with Gasteiger partial charge in [0, 0.05) is 24.7 Å². The predicted octanol–water partition coefficient (Wildman–Crippen LogP) is 3.43. The lowest BCUT2D eigenvalue weighted by molar-refractivity contribution is 0.138. The van der Waals surface area contributed by atoms with Gasteiger partial charge in [-0.1, -0.05) is 57.0 Å². The molecule has 106 valence electrons. The average molecular weight is 260 g/mol. The first kappa shape index (κ1) is 14.5. The van der Waals surface area contributed by atoms with Crippen molar-refractivity contribution in [3.05, 3.63) is 35.9 Å². The summed E-state index contributed by atoms with van der Waals surface area (Å²) in [6, 6.07) is 12.7. The van der Waals surface area contributed by atoms with E-state index in [0.717, 1.165) is 6.54 Å². The van der Waals surface area contributed by atoms with Crippen molar-refractivity contribution < 1.29 is 0 Å². The fraction of sp³-hybridized carbons (Fsp3) is 0.647. The minimum Gasteiger partial charge on any atom is -0.310 e. The van der Waals surface area contributed by atoms with Gasteiger partial charge in [0.2, 0.25) is 0 Å². The third-order valence-electron chi connectivity index (χ3n) is 4.12. The summed E-state index contributed by atoms with van der Waals surface area (Å²) in [4.78, 5) is 2.54. The molecule has 0 bridgehead atoms. The van der Waals surface area contributed by atoms with Crippen LogP contribution >= 0.6 is 0 Å². The van der Waals surface area contributed by atoms with Crippen molar-refractivity contribution in [2.24, 2.45) is 0 Å². The monoisotopic (exact) mass is 260 g/mol. The summed E-state index contributed by atoms with van der Waals surface area (Å²) in [5.74, 6) is 0. The first-order chi connectivity index (χ1) is 9.16. The molecule has 0 radical (unpaired) electrons. The Kier molecular flexibility index (Phi) is 5.41. The SMILES string of the molecule is CC(C)NC1CCCCC1N(C)Cc1ccccc1. The van der Waals surface area contributed by atoms with Gasteiger partial charge in [-0.25, -0.2) is 0 Å². The highest BCUT2D eigenvalue weighted by Crippen LogP contribution is 2.24. The predicted molar refractivity (Wildman–Crippen MR) is 82.2 cm³/mol. The largest absolute Gasteiger partial charge is 0.310 e. The van der Waals surface area contributed by atoms with Crippen molar-refractivity contribution in [3.63, 3.8) is 0 Å². The van der Waals surface area contributed by atoms with Crippen LogP contribution in [0.4, 0.5) is 0 Å². The Hall–Kier alpha value is -0.860. The maximum atomic E-state index is 3.76. The van der Waals surface area contributed by atoms with Gasteiger partial charge in [0.25, 0.3) is 0 Å². The van der Waals surface area contributed by atoms with Crippen LogP contribution in [0.5, 0.6) is 0 Å². The summed E-state index contributed by atoms with van der Waals surface area (Å²) in [7, 11) is 2.28. The quantitative estimate of drug-likeness (QED) is 0.872. The van der Waals surface area contributed by atoms with Gasteiger partial charge in [0.1, 0.15) is 0 Å². The van der Waals surface area contributed by atoms with Crippen LogP contribution in [0.2, 0.25) is 0 Å². The summed E-state index contributed by atoms with van der Waals surface area (Å²) in [6.45, 7) is 5.56. The Morgan fingerprint density at radius 1 is 1.16 bits per heavy atom. The van der Waals surface area contributed by atoms with Crippen LogP contribution in [0.3, 0.4) is 0 Å². The van der Waals surface area contributed by atoms with E-state index in [1.54, 1.807) is 0 Å². The highest BCUT2D eigenvalue weighted by atomic mass is 15.2. The van der Waals surface area contributed by atoms with Crippen molar-refractivity contribution in [3.8, 4) is 0 Å². The average Bonchev–Trinajstić information content (AvgIpc) is 2.39. The zero-order valence-electron chi connectivity index (χ0n) is 12.6. The molecule has 2 heteroatoms. The zero-order valence-corrected chi connectivity index (χ0v) is 12.6. The highest BCUT2D eigenvalue weighted by Gasteiger charge is 2.28. The molecule has 2 atom stereocenters. The molecule has 1 fully saturated rings. The van der Waals surface area contributed by atoms with E-state index in [0.29, 0.717) is 18.1 Å². The first-order valence-electron chi connectivity index (χ1n) is 7.67. The van der Waals surface area contributed by atoms with Crippen LogP contribution in [0.1, 0.15) is 45.1 Å². The van der Waals surface area contributed by atoms with E-state index >= 15 is 0 Å². The number of nitrogens with one attached hydrogen (secondary N) is 1. The van der Waals surface area contributed by atoms with Crippen molar-refractivity contribution in [1.82, 2.24) is 10.2 Å². The van der Waals surface area contributed by atoms with Crippen LogP contribution in [-0.2, 0) is 6.54 Å². The first-order valence-corrected chi connectivity index (χ1v) is 7.67. The lowest BCUT2D eigenvalue weighted by Crippen LogP contribution is -2.52. The molecule has 1 aromatic carbocycles. The van der Waals surface area contributed by atoms with Gasteiger partial charge in [-0.3, -0.25) is 4.90 Å². The van der Waals surface area contributed by atoms with E-state index in [-0.39, 0.29) is 0 Å². The number of hydrogen-bond acceptors (Lipinski definition) is 2.